The van der Waals surface area contributed by atoms with Gasteiger partial charge in [-0.25, -0.2) is 15.0 Å². The highest BCUT2D eigenvalue weighted by molar-refractivity contribution is 7.20. The van der Waals surface area contributed by atoms with Gasteiger partial charge in [-0.15, -0.1) is 22.7 Å². The average molecular weight is 433 g/mol. The smallest absolute Gasteiger partial charge is 0.253 e. The molecule has 5 aromatic heterocycles. The van der Waals surface area contributed by atoms with Crippen LogP contribution in [-0.2, 0) is 13.1 Å². The quantitative estimate of drug-likeness (QED) is 0.438. The number of fused-ring (bicyclic) bond motifs is 1. The summed E-state index contributed by atoms with van der Waals surface area (Å²) in [6.45, 7) is 0.994. The van der Waals surface area contributed by atoms with Crippen LogP contribution < -0.4 is 5.32 Å². The van der Waals surface area contributed by atoms with Gasteiger partial charge in [-0.05, 0) is 29.1 Å². The number of carbonyl (C=O) groups is 1. The van der Waals surface area contributed by atoms with Crippen LogP contribution in [0.5, 0.6) is 0 Å². The van der Waals surface area contributed by atoms with Crippen LogP contribution in [0.1, 0.15) is 21.6 Å². The van der Waals surface area contributed by atoms with E-state index in [4.69, 9.17) is 0 Å². The van der Waals surface area contributed by atoms with E-state index in [9.17, 15) is 4.79 Å². The number of thiazole rings is 1. The molecule has 0 fully saturated rings. The van der Waals surface area contributed by atoms with Crippen LogP contribution in [-0.4, -0.2) is 30.4 Å². The molecule has 0 bridgehead atoms. The molecule has 30 heavy (non-hydrogen) atoms. The molecule has 0 aliphatic rings. The highest BCUT2D eigenvalue weighted by Crippen LogP contribution is 2.27. The normalized spacial score (nSPS) is 11.1. The van der Waals surface area contributed by atoms with Gasteiger partial charge in [0.1, 0.15) is 10.5 Å². The Bertz CT molecular complexity index is 1290. The molecule has 1 amide bonds. The minimum absolute atomic E-state index is 0.197. The molecule has 0 aromatic carbocycles. The van der Waals surface area contributed by atoms with Crippen molar-refractivity contribution in [1.82, 2.24) is 29.8 Å². The Morgan fingerprint density at radius 1 is 1.13 bits per heavy atom. The number of aromatic nitrogens is 5. The molecule has 0 spiro atoms. The molecule has 0 aliphatic heterocycles. The maximum absolute atomic E-state index is 12.6. The van der Waals surface area contributed by atoms with Crippen molar-refractivity contribution in [1.29, 1.82) is 0 Å². The fourth-order valence-corrected chi connectivity index (χ4v) is 4.69. The summed E-state index contributed by atoms with van der Waals surface area (Å²) in [5, 5.41) is 7.88. The van der Waals surface area contributed by atoms with Crippen molar-refractivity contribution in [3.63, 3.8) is 0 Å². The van der Waals surface area contributed by atoms with Crippen LogP contribution in [0.2, 0.25) is 0 Å². The fourth-order valence-electron chi connectivity index (χ4n) is 3.05. The van der Waals surface area contributed by atoms with Gasteiger partial charge in [-0.1, -0.05) is 12.1 Å². The third-order valence-electron chi connectivity index (χ3n) is 4.51. The lowest BCUT2D eigenvalue weighted by Crippen LogP contribution is -2.23. The van der Waals surface area contributed by atoms with E-state index in [-0.39, 0.29) is 5.91 Å². The minimum Gasteiger partial charge on any atom is -0.346 e. The van der Waals surface area contributed by atoms with Crippen LogP contribution in [0.4, 0.5) is 0 Å². The van der Waals surface area contributed by atoms with E-state index in [1.54, 1.807) is 47.5 Å². The zero-order valence-corrected chi connectivity index (χ0v) is 17.4. The molecule has 9 heteroatoms. The topological polar surface area (TPSA) is 85.6 Å². The SMILES string of the molecule is O=C(NCc1csc(-c2cccs2)n1)c1cnc2c(c1)ncn2Cc1cccnc1. The number of hydrogen-bond acceptors (Lipinski definition) is 7. The molecule has 5 rings (SSSR count). The number of pyridine rings is 2. The van der Waals surface area contributed by atoms with E-state index in [0.717, 1.165) is 26.8 Å². The second kappa shape index (κ2) is 8.13. The Kier molecular flexibility index (Phi) is 5.04. The van der Waals surface area contributed by atoms with E-state index < -0.39 is 0 Å². The van der Waals surface area contributed by atoms with Gasteiger partial charge in [0.15, 0.2) is 5.65 Å². The molecule has 148 valence electrons. The summed E-state index contributed by atoms with van der Waals surface area (Å²) >= 11 is 3.23. The van der Waals surface area contributed by atoms with Crippen molar-refractivity contribution < 1.29 is 4.79 Å². The van der Waals surface area contributed by atoms with Crippen molar-refractivity contribution >= 4 is 39.7 Å². The minimum atomic E-state index is -0.197. The first-order valence-corrected chi connectivity index (χ1v) is 11.0. The monoisotopic (exact) mass is 432 g/mol. The number of carbonyl (C=O) groups excluding carboxylic acids is 1. The highest BCUT2D eigenvalue weighted by atomic mass is 32.1. The summed E-state index contributed by atoms with van der Waals surface area (Å²) < 4.78 is 1.94. The summed E-state index contributed by atoms with van der Waals surface area (Å²) in [5.41, 5.74) is 3.79. The lowest BCUT2D eigenvalue weighted by atomic mass is 10.2. The number of hydrogen-bond donors (Lipinski definition) is 1. The Hall–Kier alpha value is -3.43. The molecule has 0 unspecified atom stereocenters. The first-order chi connectivity index (χ1) is 14.8. The van der Waals surface area contributed by atoms with E-state index in [2.05, 4.69) is 25.3 Å². The molecule has 5 aromatic rings. The van der Waals surface area contributed by atoms with E-state index >= 15 is 0 Å². The molecule has 0 atom stereocenters. The highest BCUT2D eigenvalue weighted by Gasteiger charge is 2.12. The summed E-state index contributed by atoms with van der Waals surface area (Å²) in [6.07, 6.45) is 6.87. The Balaban J connectivity index is 1.27. The largest absolute Gasteiger partial charge is 0.346 e. The predicted octanol–water partition coefficient (Wildman–Crippen LogP) is 3.99. The van der Waals surface area contributed by atoms with Gasteiger partial charge in [0.25, 0.3) is 5.91 Å². The fraction of sp³-hybridized carbons (Fsp3) is 0.0952. The molecule has 1 N–H and O–H groups in total. The Labute approximate surface area is 180 Å². The zero-order chi connectivity index (χ0) is 20.3. The molecule has 0 radical (unpaired) electrons. The average Bonchev–Trinajstić information content (AvgIpc) is 3.53. The van der Waals surface area contributed by atoms with E-state index in [1.165, 1.54) is 0 Å². The maximum Gasteiger partial charge on any atom is 0.253 e. The summed E-state index contributed by atoms with van der Waals surface area (Å²) in [7, 11) is 0. The third-order valence-corrected chi connectivity index (χ3v) is 6.44. The Morgan fingerprint density at radius 3 is 2.93 bits per heavy atom. The predicted molar refractivity (Wildman–Crippen MR) is 117 cm³/mol. The van der Waals surface area contributed by atoms with Crippen LogP contribution in [0.25, 0.3) is 21.0 Å². The molecule has 5 heterocycles. The van der Waals surface area contributed by atoms with Gasteiger partial charge in [-0.3, -0.25) is 9.78 Å². The molecular formula is C21H16N6OS2. The molecule has 0 saturated heterocycles. The van der Waals surface area contributed by atoms with Gasteiger partial charge in [0.05, 0.1) is 35.6 Å². The summed E-state index contributed by atoms with van der Waals surface area (Å²) in [6, 6.07) is 9.71. The van der Waals surface area contributed by atoms with Crippen molar-refractivity contribution in [3.05, 3.63) is 82.8 Å². The number of nitrogens with one attached hydrogen (secondary N) is 1. The number of rotatable bonds is 6. The van der Waals surface area contributed by atoms with E-state index in [0.29, 0.717) is 24.2 Å². The molecule has 7 nitrogen and oxygen atoms in total. The lowest BCUT2D eigenvalue weighted by molar-refractivity contribution is 0.0950. The van der Waals surface area contributed by atoms with Crippen molar-refractivity contribution in [2.45, 2.75) is 13.1 Å². The summed E-state index contributed by atoms with van der Waals surface area (Å²) in [4.78, 5) is 31.3. The van der Waals surface area contributed by atoms with E-state index in [1.807, 2.05) is 45.8 Å². The van der Waals surface area contributed by atoms with Gasteiger partial charge >= 0.3 is 0 Å². The first kappa shape index (κ1) is 18.6. The van der Waals surface area contributed by atoms with Crippen LogP contribution in [0, 0.1) is 0 Å². The van der Waals surface area contributed by atoms with Crippen molar-refractivity contribution in [3.8, 4) is 9.88 Å². The summed E-state index contributed by atoms with van der Waals surface area (Å²) in [5.74, 6) is -0.197. The number of nitrogens with zero attached hydrogens (tertiary/aromatic N) is 5. The third kappa shape index (κ3) is 3.85. The van der Waals surface area contributed by atoms with Crippen molar-refractivity contribution in [2.24, 2.45) is 0 Å². The zero-order valence-electron chi connectivity index (χ0n) is 15.7. The molecule has 0 aliphatic carbocycles. The Morgan fingerprint density at radius 2 is 2.10 bits per heavy atom. The maximum atomic E-state index is 12.6. The number of amides is 1. The van der Waals surface area contributed by atoms with Crippen molar-refractivity contribution in [2.75, 3.05) is 0 Å². The van der Waals surface area contributed by atoms with Gasteiger partial charge in [0.2, 0.25) is 0 Å². The molecular weight excluding hydrogens is 416 g/mol. The lowest BCUT2D eigenvalue weighted by Gasteiger charge is -2.05. The van der Waals surface area contributed by atoms with Gasteiger partial charge in [-0.2, -0.15) is 0 Å². The first-order valence-electron chi connectivity index (χ1n) is 9.22. The second-order valence-electron chi connectivity index (χ2n) is 6.60. The van der Waals surface area contributed by atoms with Gasteiger partial charge in [0, 0.05) is 24.0 Å². The van der Waals surface area contributed by atoms with Crippen LogP contribution >= 0.6 is 22.7 Å². The second-order valence-corrected chi connectivity index (χ2v) is 8.41. The van der Waals surface area contributed by atoms with Crippen LogP contribution in [0.15, 0.2) is 66.0 Å². The number of thiophene rings is 1. The standard InChI is InChI=1S/C21H16N6OS2/c28-20(24-10-16-12-30-21(26-16)18-4-2-6-29-18)15-7-17-19(23-9-15)27(13-25-17)11-14-3-1-5-22-8-14/h1-9,12-13H,10-11H2,(H,24,28). The van der Waals surface area contributed by atoms with Gasteiger partial charge < -0.3 is 9.88 Å². The number of imidazole rings is 1. The molecule has 0 saturated carbocycles. The van der Waals surface area contributed by atoms with Crippen LogP contribution in [0.3, 0.4) is 0 Å².